The van der Waals surface area contributed by atoms with Gasteiger partial charge in [0.1, 0.15) is 5.78 Å². The molecule has 0 spiro atoms. The van der Waals surface area contributed by atoms with Gasteiger partial charge in [-0.05, 0) is 24.9 Å². The maximum absolute atomic E-state index is 10.7. The number of aliphatic hydroxyl groups is 1. The Hall–Kier alpha value is -0.0200. The summed E-state index contributed by atoms with van der Waals surface area (Å²) in [5.74, 6) is 2.39. The first kappa shape index (κ1) is 9.07. The lowest BCUT2D eigenvalue weighted by Crippen LogP contribution is -2.29. The van der Waals surface area contributed by atoms with Crippen LogP contribution in [-0.2, 0) is 4.79 Å². The molecular formula is C8H14O2S. The van der Waals surface area contributed by atoms with Crippen molar-refractivity contribution in [2.24, 2.45) is 5.92 Å². The van der Waals surface area contributed by atoms with Crippen molar-refractivity contribution in [3.63, 3.8) is 0 Å². The molecule has 0 radical (unpaired) electrons. The van der Waals surface area contributed by atoms with Crippen LogP contribution in [0.2, 0.25) is 0 Å². The monoisotopic (exact) mass is 174 g/mol. The summed E-state index contributed by atoms with van der Waals surface area (Å²) >= 11 is 1.84. The molecule has 1 rings (SSSR count). The first-order valence-electron chi connectivity index (χ1n) is 3.95. The van der Waals surface area contributed by atoms with Crippen LogP contribution in [0.5, 0.6) is 0 Å². The van der Waals surface area contributed by atoms with Crippen LogP contribution in [0, 0.1) is 5.92 Å². The van der Waals surface area contributed by atoms with Crippen LogP contribution in [0.1, 0.15) is 19.8 Å². The van der Waals surface area contributed by atoms with Crippen molar-refractivity contribution in [2.75, 3.05) is 11.5 Å². The number of carbonyl (C=O) groups excluding carboxylic acids is 1. The van der Waals surface area contributed by atoms with E-state index in [4.69, 9.17) is 0 Å². The summed E-state index contributed by atoms with van der Waals surface area (Å²) < 4.78 is 0. The Bertz CT molecular complexity index is 147. The van der Waals surface area contributed by atoms with Crippen molar-refractivity contribution < 1.29 is 9.90 Å². The Labute approximate surface area is 71.4 Å². The third-order valence-electron chi connectivity index (χ3n) is 1.98. The zero-order valence-corrected chi connectivity index (χ0v) is 7.56. The summed E-state index contributed by atoms with van der Waals surface area (Å²) in [6, 6.07) is 0. The lowest BCUT2D eigenvalue weighted by molar-refractivity contribution is -0.118. The zero-order chi connectivity index (χ0) is 8.27. The van der Waals surface area contributed by atoms with E-state index in [1.165, 1.54) is 0 Å². The van der Waals surface area contributed by atoms with Gasteiger partial charge in [-0.3, -0.25) is 0 Å². The van der Waals surface area contributed by atoms with Crippen LogP contribution in [-0.4, -0.2) is 28.5 Å². The van der Waals surface area contributed by atoms with Crippen molar-refractivity contribution in [3.05, 3.63) is 0 Å². The Morgan fingerprint density at radius 3 is 3.00 bits per heavy atom. The van der Waals surface area contributed by atoms with Crippen molar-refractivity contribution in [1.29, 1.82) is 0 Å². The maximum atomic E-state index is 10.7. The third kappa shape index (κ3) is 2.83. The molecule has 1 aliphatic heterocycles. The van der Waals surface area contributed by atoms with Crippen molar-refractivity contribution in [1.82, 2.24) is 0 Å². The predicted molar refractivity (Wildman–Crippen MR) is 46.7 cm³/mol. The maximum Gasteiger partial charge on any atom is 0.130 e. The Kier molecular flexibility index (Phi) is 3.40. The van der Waals surface area contributed by atoms with Crippen molar-refractivity contribution in [2.45, 2.75) is 25.9 Å². The lowest BCUT2D eigenvalue weighted by Gasteiger charge is -2.26. The van der Waals surface area contributed by atoms with Gasteiger partial charge in [-0.2, -0.15) is 11.8 Å². The highest BCUT2D eigenvalue weighted by molar-refractivity contribution is 7.99. The van der Waals surface area contributed by atoms with Gasteiger partial charge in [-0.25, -0.2) is 0 Å². The van der Waals surface area contributed by atoms with E-state index in [1.54, 1.807) is 6.92 Å². The van der Waals surface area contributed by atoms with Crippen molar-refractivity contribution >= 4 is 17.5 Å². The average Bonchev–Trinajstić information content (AvgIpc) is 1.93. The highest BCUT2D eigenvalue weighted by Crippen LogP contribution is 2.25. The molecule has 3 heteroatoms. The highest BCUT2D eigenvalue weighted by Gasteiger charge is 2.24. The van der Waals surface area contributed by atoms with Crippen LogP contribution in [0.3, 0.4) is 0 Å². The predicted octanol–water partition coefficient (Wildman–Crippen LogP) is 1.08. The summed E-state index contributed by atoms with van der Waals surface area (Å²) in [6.45, 7) is 1.59. The fraction of sp³-hybridized carbons (Fsp3) is 0.875. The standard InChI is InChI=1S/C8H14O2S/c1-6(9)4-7-5-11-3-2-8(7)10/h7-8,10H,2-5H2,1H3. The summed E-state index contributed by atoms with van der Waals surface area (Å²) in [5, 5.41) is 9.45. The number of Topliss-reactive ketones (excluding diaryl/α,β-unsaturated/α-hetero) is 1. The van der Waals surface area contributed by atoms with Crippen LogP contribution in [0.4, 0.5) is 0 Å². The van der Waals surface area contributed by atoms with Crippen molar-refractivity contribution in [3.8, 4) is 0 Å². The second-order valence-electron chi connectivity index (χ2n) is 3.10. The second-order valence-corrected chi connectivity index (χ2v) is 4.25. The smallest absolute Gasteiger partial charge is 0.130 e. The molecule has 1 N–H and O–H groups in total. The zero-order valence-electron chi connectivity index (χ0n) is 6.75. The van der Waals surface area contributed by atoms with Gasteiger partial charge in [0.2, 0.25) is 0 Å². The van der Waals surface area contributed by atoms with Gasteiger partial charge in [-0.1, -0.05) is 0 Å². The normalized spacial score (nSPS) is 31.8. The molecule has 1 aliphatic rings. The minimum atomic E-state index is -0.236. The molecule has 0 saturated carbocycles. The van der Waals surface area contributed by atoms with Gasteiger partial charge in [-0.15, -0.1) is 0 Å². The molecule has 11 heavy (non-hydrogen) atoms. The van der Waals surface area contributed by atoms with Crippen LogP contribution in [0.15, 0.2) is 0 Å². The van der Waals surface area contributed by atoms with Gasteiger partial charge in [0.05, 0.1) is 6.10 Å². The van der Waals surface area contributed by atoms with E-state index in [1.807, 2.05) is 11.8 Å². The number of carbonyl (C=O) groups is 1. The first-order chi connectivity index (χ1) is 5.20. The highest BCUT2D eigenvalue weighted by atomic mass is 32.2. The number of aliphatic hydroxyl groups excluding tert-OH is 1. The van der Waals surface area contributed by atoms with E-state index in [-0.39, 0.29) is 17.8 Å². The molecule has 0 aromatic rings. The summed E-state index contributed by atoms with van der Waals surface area (Å²) in [5.41, 5.74) is 0. The molecule has 1 heterocycles. The van der Waals surface area contributed by atoms with E-state index >= 15 is 0 Å². The van der Waals surface area contributed by atoms with E-state index in [2.05, 4.69) is 0 Å². The minimum absolute atomic E-state index is 0.191. The number of ketones is 1. The molecule has 2 unspecified atom stereocenters. The molecular weight excluding hydrogens is 160 g/mol. The summed E-state index contributed by atoms with van der Waals surface area (Å²) in [4.78, 5) is 10.7. The third-order valence-corrected chi connectivity index (χ3v) is 3.17. The molecule has 0 amide bonds. The molecule has 2 atom stereocenters. The fourth-order valence-corrected chi connectivity index (χ4v) is 2.57. The quantitative estimate of drug-likeness (QED) is 0.680. The van der Waals surface area contributed by atoms with E-state index < -0.39 is 0 Å². The molecule has 1 saturated heterocycles. The van der Waals surface area contributed by atoms with Gasteiger partial charge >= 0.3 is 0 Å². The van der Waals surface area contributed by atoms with Crippen LogP contribution in [0.25, 0.3) is 0 Å². The summed E-state index contributed by atoms with van der Waals surface area (Å²) in [6.07, 6.45) is 1.16. The number of rotatable bonds is 2. The molecule has 0 aromatic carbocycles. The van der Waals surface area contributed by atoms with Gasteiger partial charge < -0.3 is 9.90 Å². The molecule has 0 aromatic heterocycles. The number of hydrogen-bond donors (Lipinski definition) is 1. The van der Waals surface area contributed by atoms with E-state index in [0.29, 0.717) is 6.42 Å². The van der Waals surface area contributed by atoms with Crippen LogP contribution < -0.4 is 0 Å². The Morgan fingerprint density at radius 2 is 2.45 bits per heavy atom. The molecule has 0 bridgehead atoms. The summed E-state index contributed by atoms with van der Waals surface area (Å²) in [7, 11) is 0. The SMILES string of the molecule is CC(=O)CC1CSCCC1O. The topological polar surface area (TPSA) is 37.3 Å². The average molecular weight is 174 g/mol. The van der Waals surface area contributed by atoms with Gasteiger partial charge in [0, 0.05) is 12.3 Å². The number of thioether (sulfide) groups is 1. The Morgan fingerprint density at radius 1 is 1.73 bits per heavy atom. The van der Waals surface area contributed by atoms with E-state index in [0.717, 1.165) is 17.9 Å². The fourth-order valence-electron chi connectivity index (χ4n) is 1.35. The van der Waals surface area contributed by atoms with Gasteiger partial charge in [0.25, 0.3) is 0 Å². The first-order valence-corrected chi connectivity index (χ1v) is 5.11. The largest absolute Gasteiger partial charge is 0.393 e. The van der Waals surface area contributed by atoms with E-state index in [9.17, 15) is 9.90 Å². The Balaban J connectivity index is 2.35. The molecule has 0 aliphatic carbocycles. The molecule has 2 nitrogen and oxygen atoms in total. The van der Waals surface area contributed by atoms with Crippen LogP contribution >= 0.6 is 11.8 Å². The van der Waals surface area contributed by atoms with Gasteiger partial charge in [0.15, 0.2) is 0 Å². The minimum Gasteiger partial charge on any atom is -0.393 e. The number of hydrogen-bond acceptors (Lipinski definition) is 3. The lowest BCUT2D eigenvalue weighted by atomic mass is 9.96. The molecule has 1 fully saturated rings. The second kappa shape index (κ2) is 4.12. The molecule has 64 valence electrons.